The third kappa shape index (κ3) is 14.2. The van der Waals surface area contributed by atoms with Crippen molar-refractivity contribution >= 4 is 9.76 Å². The van der Waals surface area contributed by atoms with Crippen molar-refractivity contribution < 1.29 is 9.53 Å². The van der Waals surface area contributed by atoms with E-state index in [4.69, 9.17) is 4.43 Å². The van der Waals surface area contributed by atoms with Gasteiger partial charge >= 0.3 is 0 Å². The van der Waals surface area contributed by atoms with Gasteiger partial charge in [-0.15, -0.1) is 6.58 Å². The van der Waals surface area contributed by atoms with Crippen molar-refractivity contribution in [3.8, 4) is 0 Å². The number of hydrogen-bond donors (Lipinski definition) is 1. The van der Waals surface area contributed by atoms with Crippen LogP contribution in [-0.2, 0) is 4.43 Å². The molecule has 2 unspecified atom stereocenters. The zero-order chi connectivity index (χ0) is 24.9. The highest BCUT2D eigenvalue weighted by atomic mass is 28.2. The lowest BCUT2D eigenvalue weighted by Gasteiger charge is -2.33. The van der Waals surface area contributed by atoms with Crippen molar-refractivity contribution in [1.82, 2.24) is 0 Å². The van der Waals surface area contributed by atoms with Crippen LogP contribution in [0.3, 0.4) is 0 Å². The molecule has 2 nitrogen and oxygen atoms in total. The standard InChI is InChI=1S/C31H60O2Si/c1-5-7-9-11-13-15-20-29-21-17-22-30(29)24-23-28(3)19-18-26-31(27-32,33-34-4)25-16-14-12-10-8-6-2/h6,15,20,28-30,32H,2,5,7-14,16-19,21-27,34H2,1,3-4H3/t28?,29-,30+,31?/m0/s1. The van der Waals surface area contributed by atoms with E-state index in [0.717, 1.165) is 37.0 Å². The molecule has 1 aliphatic rings. The first-order valence-electron chi connectivity index (χ1n) is 15.1. The fourth-order valence-corrected chi connectivity index (χ4v) is 6.91. The van der Waals surface area contributed by atoms with E-state index >= 15 is 0 Å². The largest absolute Gasteiger partial charge is 0.416 e. The van der Waals surface area contributed by atoms with Gasteiger partial charge in [0, 0.05) is 0 Å². The van der Waals surface area contributed by atoms with E-state index in [1.54, 1.807) is 0 Å². The van der Waals surface area contributed by atoms with Gasteiger partial charge in [0.2, 0.25) is 0 Å². The molecule has 0 bridgehead atoms. The van der Waals surface area contributed by atoms with Crippen LogP contribution < -0.4 is 0 Å². The summed E-state index contributed by atoms with van der Waals surface area (Å²) in [6.45, 7) is 11.0. The second-order valence-corrected chi connectivity index (χ2v) is 12.1. The van der Waals surface area contributed by atoms with Crippen molar-refractivity contribution in [2.75, 3.05) is 6.61 Å². The lowest BCUT2D eigenvalue weighted by Crippen LogP contribution is -2.38. The number of aliphatic hydroxyl groups excluding tert-OH is 1. The Kier molecular flexibility index (Phi) is 19.3. The Morgan fingerprint density at radius 1 is 1.00 bits per heavy atom. The Morgan fingerprint density at radius 3 is 2.47 bits per heavy atom. The van der Waals surface area contributed by atoms with Crippen LogP contribution in [0.5, 0.6) is 0 Å². The highest BCUT2D eigenvalue weighted by molar-refractivity contribution is 6.25. The molecular weight excluding hydrogens is 432 g/mol. The maximum atomic E-state index is 10.2. The normalized spacial score (nSPS) is 21.5. The molecule has 0 radical (unpaired) electrons. The van der Waals surface area contributed by atoms with Gasteiger partial charge in [0.15, 0.2) is 9.76 Å². The van der Waals surface area contributed by atoms with Gasteiger partial charge in [-0.3, -0.25) is 0 Å². The highest BCUT2D eigenvalue weighted by Crippen LogP contribution is 2.37. The van der Waals surface area contributed by atoms with E-state index < -0.39 is 9.76 Å². The maximum Gasteiger partial charge on any atom is 0.159 e. The van der Waals surface area contributed by atoms with E-state index in [-0.39, 0.29) is 12.2 Å². The average Bonchev–Trinajstić information content (AvgIpc) is 3.29. The SMILES string of the molecule is C=CCCCCCCC(CO)(CCCC(C)CC[C@H]1CCC[C@@H]1C=CCCCCCC)O[SiH2]C. The van der Waals surface area contributed by atoms with E-state index in [2.05, 4.69) is 39.1 Å². The Hall–Kier alpha value is -0.383. The minimum Gasteiger partial charge on any atom is -0.416 e. The fourth-order valence-electron chi connectivity index (χ4n) is 5.92. The van der Waals surface area contributed by atoms with Gasteiger partial charge in [0.05, 0.1) is 12.2 Å². The Bertz CT molecular complexity index is 506. The third-order valence-electron chi connectivity index (χ3n) is 8.21. The number of unbranched alkanes of at least 4 members (excludes halogenated alkanes) is 8. The second kappa shape index (κ2) is 20.8. The Balaban J connectivity index is 2.31. The minimum atomic E-state index is -0.515. The molecule has 0 aromatic heterocycles. The molecule has 1 N–H and O–H groups in total. The molecule has 4 atom stereocenters. The molecule has 0 aromatic rings. The van der Waals surface area contributed by atoms with Gasteiger partial charge in [0.1, 0.15) is 0 Å². The first-order valence-corrected chi connectivity index (χ1v) is 17.1. The van der Waals surface area contributed by atoms with Crippen LogP contribution in [-0.4, -0.2) is 27.1 Å². The molecule has 200 valence electrons. The summed E-state index contributed by atoms with van der Waals surface area (Å²) < 4.78 is 6.28. The monoisotopic (exact) mass is 492 g/mol. The summed E-state index contributed by atoms with van der Waals surface area (Å²) >= 11 is 0. The van der Waals surface area contributed by atoms with Crippen LogP contribution in [0, 0.1) is 17.8 Å². The quantitative estimate of drug-likeness (QED) is 0.0876. The summed E-state index contributed by atoms with van der Waals surface area (Å²) in [7, 11) is -0.515. The summed E-state index contributed by atoms with van der Waals surface area (Å²) in [5.41, 5.74) is -0.252. The van der Waals surface area contributed by atoms with E-state index in [1.807, 2.05) is 6.08 Å². The van der Waals surface area contributed by atoms with Gasteiger partial charge in [-0.2, -0.15) is 0 Å². The number of allylic oxidation sites excluding steroid dienone is 3. The van der Waals surface area contributed by atoms with E-state index in [9.17, 15) is 5.11 Å². The fraction of sp³-hybridized carbons (Fsp3) is 0.871. The molecule has 0 amide bonds. The third-order valence-corrected chi connectivity index (χ3v) is 9.12. The maximum absolute atomic E-state index is 10.2. The van der Waals surface area contributed by atoms with Crippen molar-refractivity contribution in [2.45, 2.75) is 148 Å². The molecular formula is C31H60O2Si. The number of hydrogen-bond acceptors (Lipinski definition) is 2. The molecule has 1 rings (SSSR count). The molecule has 0 heterocycles. The lowest BCUT2D eigenvalue weighted by molar-refractivity contribution is -0.00692. The van der Waals surface area contributed by atoms with Crippen LogP contribution in [0.25, 0.3) is 0 Å². The van der Waals surface area contributed by atoms with Gasteiger partial charge in [-0.1, -0.05) is 103 Å². The molecule has 1 fully saturated rings. The smallest absolute Gasteiger partial charge is 0.159 e. The predicted octanol–water partition coefficient (Wildman–Crippen LogP) is 8.92. The Labute approximate surface area is 216 Å². The zero-order valence-corrected chi connectivity index (χ0v) is 24.8. The molecule has 0 aliphatic heterocycles. The zero-order valence-electron chi connectivity index (χ0n) is 23.4. The second-order valence-electron chi connectivity index (χ2n) is 11.2. The highest BCUT2D eigenvalue weighted by Gasteiger charge is 2.29. The van der Waals surface area contributed by atoms with Crippen molar-refractivity contribution in [2.24, 2.45) is 17.8 Å². The molecule has 0 spiro atoms. The molecule has 0 aromatic carbocycles. The van der Waals surface area contributed by atoms with Crippen molar-refractivity contribution in [3.63, 3.8) is 0 Å². The number of rotatable bonds is 23. The Morgan fingerprint density at radius 2 is 1.74 bits per heavy atom. The van der Waals surface area contributed by atoms with Crippen LogP contribution in [0.2, 0.25) is 6.55 Å². The topological polar surface area (TPSA) is 29.5 Å². The van der Waals surface area contributed by atoms with Gasteiger partial charge in [-0.25, -0.2) is 0 Å². The van der Waals surface area contributed by atoms with Gasteiger partial charge < -0.3 is 9.53 Å². The van der Waals surface area contributed by atoms with Crippen LogP contribution in [0.15, 0.2) is 24.8 Å². The van der Waals surface area contributed by atoms with Crippen molar-refractivity contribution in [3.05, 3.63) is 24.8 Å². The first kappa shape index (κ1) is 31.6. The minimum absolute atomic E-state index is 0.198. The molecule has 1 saturated carbocycles. The summed E-state index contributed by atoms with van der Waals surface area (Å²) in [4.78, 5) is 0. The average molecular weight is 493 g/mol. The summed E-state index contributed by atoms with van der Waals surface area (Å²) in [5.74, 6) is 2.55. The van der Waals surface area contributed by atoms with Crippen LogP contribution >= 0.6 is 0 Å². The summed E-state index contributed by atoms with van der Waals surface area (Å²) in [5, 5.41) is 10.2. The molecule has 3 heteroatoms. The van der Waals surface area contributed by atoms with Gasteiger partial charge in [-0.05, 0) is 75.5 Å². The van der Waals surface area contributed by atoms with Gasteiger partial charge in [0.25, 0.3) is 0 Å². The molecule has 1 aliphatic carbocycles. The van der Waals surface area contributed by atoms with Crippen LogP contribution in [0.1, 0.15) is 136 Å². The first-order chi connectivity index (χ1) is 16.6. The molecule has 34 heavy (non-hydrogen) atoms. The predicted molar refractivity (Wildman–Crippen MR) is 154 cm³/mol. The summed E-state index contributed by atoms with van der Waals surface area (Å²) in [6, 6.07) is 0. The van der Waals surface area contributed by atoms with E-state index in [0.29, 0.717) is 0 Å². The number of aliphatic hydroxyl groups is 1. The van der Waals surface area contributed by atoms with Crippen LogP contribution in [0.4, 0.5) is 0 Å². The summed E-state index contributed by atoms with van der Waals surface area (Å²) in [6.07, 6.45) is 31.5. The molecule has 0 saturated heterocycles. The van der Waals surface area contributed by atoms with E-state index in [1.165, 1.54) is 103 Å². The van der Waals surface area contributed by atoms with Crippen molar-refractivity contribution in [1.29, 1.82) is 0 Å². The lowest BCUT2D eigenvalue weighted by atomic mass is 9.85.